The molecule has 2 heterocycles. The molecule has 1 aromatic heterocycles. The molecule has 1 amide bonds. The second-order valence-corrected chi connectivity index (χ2v) is 5.27. The number of H-pyrrole nitrogens is 1. The number of carbonyl (C=O) groups excluding carboxylic acids is 1. The van der Waals surface area contributed by atoms with Crippen molar-refractivity contribution in [3.05, 3.63) is 36.0 Å². The van der Waals surface area contributed by atoms with Crippen molar-refractivity contribution in [1.29, 1.82) is 0 Å². The standard InChI is InChI=1S/C15H19N3O2/c1-10(16)13-9-18(7-8-20-13)15(19)12-4-2-3-11-5-6-17-14(11)12/h2-6,10,13,17H,7-9,16H2,1H3. The van der Waals surface area contributed by atoms with Gasteiger partial charge in [-0.25, -0.2) is 0 Å². The molecule has 2 atom stereocenters. The molecule has 106 valence electrons. The molecule has 0 radical (unpaired) electrons. The predicted molar refractivity (Wildman–Crippen MR) is 77.6 cm³/mol. The highest BCUT2D eigenvalue weighted by atomic mass is 16.5. The first-order valence-corrected chi connectivity index (χ1v) is 6.89. The number of carbonyl (C=O) groups is 1. The number of hydrogen-bond acceptors (Lipinski definition) is 3. The zero-order valence-corrected chi connectivity index (χ0v) is 11.5. The number of ether oxygens (including phenoxy) is 1. The number of fused-ring (bicyclic) bond motifs is 1. The summed E-state index contributed by atoms with van der Waals surface area (Å²) in [5.41, 5.74) is 7.47. The molecule has 1 saturated heterocycles. The Morgan fingerprint density at radius 1 is 1.50 bits per heavy atom. The Morgan fingerprint density at radius 2 is 2.35 bits per heavy atom. The maximum atomic E-state index is 12.7. The van der Waals surface area contributed by atoms with Crippen molar-refractivity contribution in [2.24, 2.45) is 5.73 Å². The molecule has 0 bridgehead atoms. The Kier molecular flexibility index (Phi) is 3.46. The summed E-state index contributed by atoms with van der Waals surface area (Å²) in [5, 5.41) is 1.05. The summed E-state index contributed by atoms with van der Waals surface area (Å²) in [4.78, 5) is 17.7. The van der Waals surface area contributed by atoms with E-state index in [1.807, 2.05) is 42.3 Å². The number of rotatable bonds is 2. The van der Waals surface area contributed by atoms with Gasteiger partial charge in [-0.15, -0.1) is 0 Å². The molecule has 20 heavy (non-hydrogen) atoms. The molecule has 5 nitrogen and oxygen atoms in total. The van der Waals surface area contributed by atoms with Crippen LogP contribution in [-0.2, 0) is 4.74 Å². The largest absolute Gasteiger partial charge is 0.373 e. The van der Waals surface area contributed by atoms with Crippen molar-refractivity contribution in [2.75, 3.05) is 19.7 Å². The minimum absolute atomic E-state index is 0.0343. The normalized spacial score (nSPS) is 21.1. The Balaban J connectivity index is 1.87. The molecule has 2 aromatic rings. The van der Waals surface area contributed by atoms with E-state index in [-0.39, 0.29) is 18.1 Å². The molecule has 1 aliphatic rings. The Hall–Kier alpha value is -1.85. The smallest absolute Gasteiger partial charge is 0.256 e. The lowest BCUT2D eigenvalue weighted by atomic mass is 10.1. The minimum Gasteiger partial charge on any atom is -0.373 e. The Bertz CT molecular complexity index is 620. The van der Waals surface area contributed by atoms with Gasteiger partial charge in [0.05, 0.1) is 23.8 Å². The predicted octanol–water partition coefficient (Wildman–Crippen LogP) is 1.36. The number of nitrogens with two attached hydrogens (primary N) is 1. The summed E-state index contributed by atoms with van der Waals surface area (Å²) < 4.78 is 5.60. The number of aromatic nitrogens is 1. The first-order valence-electron chi connectivity index (χ1n) is 6.89. The van der Waals surface area contributed by atoms with Crippen molar-refractivity contribution < 1.29 is 9.53 Å². The van der Waals surface area contributed by atoms with Crippen LogP contribution in [0.25, 0.3) is 10.9 Å². The average molecular weight is 273 g/mol. The van der Waals surface area contributed by atoms with Crippen molar-refractivity contribution >= 4 is 16.8 Å². The van der Waals surface area contributed by atoms with Gasteiger partial charge in [0, 0.05) is 30.7 Å². The van der Waals surface area contributed by atoms with Crippen molar-refractivity contribution in [1.82, 2.24) is 9.88 Å². The molecule has 3 rings (SSSR count). The van der Waals surface area contributed by atoms with Crippen LogP contribution in [0.3, 0.4) is 0 Å². The second-order valence-electron chi connectivity index (χ2n) is 5.27. The monoisotopic (exact) mass is 273 g/mol. The van der Waals surface area contributed by atoms with Crippen LogP contribution in [0, 0.1) is 0 Å². The molecular formula is C15H19N3O2. The van der Waals surface area contributed by atoms with Gasteiger partial charge in [0.2, 0.25) is 0 Å². The van der Waals surface area contributed by atoms with Gasteiger partial charge >= 0.3 is 0 Å². The number of nitrogens with one attached hydrogen (secondary N) is 1. The van der Waals surface area contributed by atoms with E-state index < -0.39 is 0 Å². The van der Waals surface area contributed by atoms with E-state index in [9.17, 15) is 4.79 Å². The number of amides is 1. The summed E-state index contributed by atoms with van der Waals surface area (Å²) in [6.07, 6.45) is 1.77. The van der Waals surface area contributed by atoms with E-state index in [0.717, 1.165) is 10.9 Å². The SMILES string of the molecule is CC(N)C1CN(C(=O)c2cccc3cc[nH]c23)CCO1. The van der Waals surface area contributed by atoms with E-state index in [1.54, 1.807) is 0 Å². The maximum Gasteiger partial charge on any atom is 0.256 e. The van der Waals surface area contributed by atoms with Crippen molar-refractivity contribution in [2.45, 2.75) is 19.1 Å². The minimum atomic E-state index is -0.0875. The molecule has 0 aliphatic carbocycles. The van der Waals surface area contributed by atoms with Gasteiger partial charge in [0.15, 0.2) is 0 Å². The van der Waals surface area contributed by atoms with Crippen LogP contribution in [0.2, 0.25) is 0 Å². The molecule has 0 spiro atoms. The maximum absolute atomic E-state index is 12.7. The molecular weight excluding hydrogens is 254 g/mol. The van der Waals surface area contributed by atoms with E-state index in [1.165, 1.54) is 0 Å². The van der Waals surface area contributed by atoms with E-state index in [4.69, 9.17) is 10.5 Å². The summed E-state index contributed by atoms with van der Waals surface area (Å²) in [6, 6.07) is 7.65. The molecule has 3 N–H and O–H groups in total. The number of nitrogens with zero attached hydrogens (tertiary/aromatic N) is 1. The van der Waals surface area contributed by atoms with Gasteiger partial charge < -0.3 is 20.4 Å². The number of hydrogen-bond donors (Lipinski definition) is 2. The zero-order chi connectivity index (χ0) is 14.1. The lowest BCUT2D eigenvalue weighted by molar-refractivity contribution is -0.0299. The van der Waals surface area contributed by atoms with Gasteiger partial charge in [0.25, 0.3) is 5.91 Å². The first kappa shape index (κ1) is 13.1. The number of morpholine rings is 1. The third-order valence-corrected chi connectivity index (χ3v) is 3.78. The molecule has 1 fully saturated rings. The first-order chi connectivity index (χ1) is 9.66. The fourth-order valence-electron chi connectivity index (χ4n) is 2.61. The summed E-state index contributed by atoms with van der Waals surface area (Å²) in [7, 11) is 0. The lowest BCUT2D eigenvalue weighted by Gasteiger charge is -2.34. The summed E-state index contributed by atoms with van der Waals surface area (Å²) in [6.45, 7) is 3.61. The van der Waals surface area contributed by atoms with Crippen LogP contribution >= 0.6 is 0 Å². The van der Waals surface area contributed by atoms with Crippen LogP contribution in [0.15, 0.2) is 30.5 Å². The molecule has 5 heteroatoms. The third kappa shape index (κ3) is 2.30. The zero-order valence-electron chi connectivity index (χ0n) is 11.5. The van der Waals surface area contributed by atoms with Gasteiger partial charge in [-0.05, 0) is 19.1 Å². The van der Waals surface area contributed by atoms with E-state index >= 15 is 0 Å². The Labute approximate surface area is 117 Å². The van der Waals surface area contributed by atoms with Crippen molar-refractivity contribution in [3.8, 4) is 0 Å². The van der Waals surface area contributed by atoms with Gasteiger partial charge in [-0.1, -0.05) is 12.1 Å². The lowest BCUT2D eigenvalue weighted by Crippen LogP contribution is -2.51. The Morgan fingerprint density at radius 3 is 3.15 bits per heavy atom. The van der Waals surface area contributed by atoms with Crippen LogP contribution < -0.4 is 5.73 Å². The second kappa shape index (κ2) is 5.26. The quantitative estimate of drug-likeness (QED) is 0.867. The third-order valence-electron chi connectivity index (χ3n) is 3.78. The number of benzene rings is 1. The summed E-state index contributed by atoms with van der Waals surface area (Å²) in [5.74, 6) is 0.0343. The molecule has 1 aliphatic heterocycles. The highest BCUT2D eigenvalue weighted by Gasteiger charge is 2.27. The molecule has 2 unspecified atom stereocenters. The summed E-state index contributed by atoms with van der Waals surface area (Å²) >= 11 is 0. The van der Waals surface area contributed by atoms with Gasteiger partial charge in [-0.3, -0.25) is 4.79 Å². The highest BCUT2D eigenvalue weighted by molar-refractivity contribution is 6.05. The fraction of sp³-hybridized carbons (Fsp3) is 0.400. The molecule has 0 saturated carbocycles. The highest BCUT2D eigenvalue weighted by Crippen LogP contribution is 2.20. The molecule has 1 aromatic carbocycles. The number of para-hydroxylation sites is 1. The van der Waals surface area contributed by atoms with E-state index in [0.29, 0.717) is 25.3 Å². The van der Waals surface area contributed by atoms with Gasteiger partial charge in [0.1, 0.15) is 0 Å². The van der Waals surface area contributed by atoms with Gasteiger partial charge in [-0.2, -0.15) is 0 Å². The topological polar surface area (TPSA) is 71.3 Å². The fourth-order valence-corrected chi connectivity index (χ4v) is 2.61. The van der Waals surface area contributed by atoms with Crippen LogP contribution in [0.4, 0.5) is 0 Å². The average Bonchev–Trinajstić information content (AvgIpc) is 2.95. The van der Waals surface area contributed by atoms with Crippen LogP contribution in [0.5, 0.6) is 0 Å². The van der Waals surface area contributed by atoms with Crippen molar-refractivity contribution in [3.63, 3.8) is 0 Å². The van der Waals surface area contributed by atoms with E-state index in [2.05, 4.69) is 4.98 Å². The van der Waals surface area contributed by atoms with Crippen LogP contribution in [0.1, 0.15) is 17.3 Å². The number of aromatic amines is 1. The van der Waals surface area contributed by atoms with Crippen LogP contribution in [-0.4, -0.2) is 47.6 Å².